The number of nitrogens with one attached hydrogen (secondary N) is 2. The van der Waals surface area contributed by atoms with Gasteiger partial charge in [-0.25, -0.2) is 0 Å². The monoisotopic (exact) mass is 229 g/mol. The number of hydrogen-bond acceptors (Lipinski definition) is 4. The molecular formula is C9H15N3S2. The van der Waals surface area contributed by atoms with Gasteiger partial charge in [0.1, 0.15) is 0 Å². The predicted octanol–water partition coefficient (Wildman–Crippen LogP) is 3.05. The minimum Gasteiger partial charge on any atom is -0.357 e. The highest BCUT2D eigenvalue weighted by Gasteiger charge is 2.37. The summed E-state index contributed by atoms with van der Waals surface area (Å²) in [6.07, 6.45) is 2.60. The normalized spacial score (nSPS) is 25.4. The van der Waals surface area contributed by atoms with Crippen molar-refractivity contribution in [2.24, 2.45) is 11.8 Å². The summed E-state index contributed by atoms with van der Waals surface area (Å²) in [6, 6.07) is 0.631. The molecule has 0 saturated heterocycles. The molecule has 78 valence electrons. The SMILES string of the molecule is CC(C)CC1CC1Nc1n[nH]c(=S)s1. The fraction of sp³-hybridized carbons (Fsp3) is 0.778. The average molecular weight is 229 g/mol. The van der Waals surface area contributed by atoms with Gasteiger partial charge in [0, 0.05) is 6.04 Å². The van der Waals surface area contributed by atoms with Crippen molar-refractivity contribution in [1.29, 1.82) is 0 Å². The van der Waals surface area contributed by atoms with Crippen LogP contribution in [0.25, 0.3) is 0 Å². The Morgan fingerprint density at radius 3 is 3.07 bits per heavy atom. The van der Waals surface area contributed by atoms with E-state index in [-0.39, 0.29) is 0 Å². The minimum absolute atomic E-state index is 0.631. The Morgan fingerprint density at radius 1 is 1.71 bits per heavy atom. The van der Waals surface area contributed by atoms with Crippen molar-refractivity contribution in [1.82, 2.24) is 10.2 Å². The lowest BCUT2D eigenvalue weighted by molar-refractivity contribution is 0.535. The Balaban J connectivity index is 1.81. The van der Waals surface area contributed by atoms with Crippen LogP contribution >= 0.6 is 23.6 Å². The summed E-state index contributed by atoms with van der Waals surface area (Å²) in [4.78, 5) is 0. The molecule has 0 aromatic carbocycles. The fourth-order valence-electron chi connectivity index (χ4n) is 1.74. The second-order valence-corrected chi connectivity index (χ2v) is 5.96. The summed E-state index contributed by atoms with van der Waals surface area (Å²) in [5.74, 6) is 1.64. The summed E-state index contributed by atoms with van der Waals surface area (Å²) in [5.41, 5.74) is 0. The molecule has 0 bridgehead atoms. The Bertz CT molecular complexity index is 355. The lowest BCUT2D eigenvalue weighted by Gasteiger charge is -2.03. The molecule has 2 unspecified atom stereocenters. The molecule has 2 atom stereocenters. The Morgan fingerprint density at radius 2 is 2.50 bits per heavy atom. The van der Waals surface area contributed by atoms with E-state index in [4.69, 9.17) is 12.2 Å². The van der Waals surface area contributed by atoms with Gasteiger partial charge in [-0.3, -0.25) is 5.10 Å². The predicted molar refractivity (Wildman–Crippen MR) is 62.3 cm³/mol. The Hall–Kier alpha value is -0.420. The molecule has 14 heavy (non-hydrogen) atoms. The molecule has 3 nitrogen and oxygen atoms in total. The van der Waals surface area contributed by atoms with Crippen LogP contribution < -0.4 is 5.32 Å². The van der Waals surface area contributed by atoms with Crippen molar-refractivity contribution in [2.75, 3.05) is 5.32 Å². The van der Waals surface area contributed by atoms with Gasteiger partial charge >= 0.3 is 0 Å². The van der Waals surface area contributed by atoms with Gasteiger partial charge in [0.25, 0.3) is 0 Å². The fourth-order valence-corrected chi connectivity index (χ4v) is 2.59. The number of aromatic amines is 1. The van der Waals surface area contributed by atoms with Crippen LogP contribution in [-0.4, -0.2) is 16.2 Å². The van der Waals surface area contributed by atoms with Gasteiger partial charge in [0.15, 0.2) is 3.95 Å². The lowest BCUT2D eigenvalue weighted by atomic mass is 10.1. The number of aromatic nitrogens is 2. The van der Waals surface area contributed by atoms with E-state index in [2.05, 4.69) is 29.4 Å². The molecule has 1 aliphatic carbocycles. The molecular weight excluding hydrogens is 214 g/mol. The average Bonchev–Trinajstić information content (AvgIpc) is 2.63. The first-order chi connectivity index (χ1) is 6.65. The van der Waals surface area contributed by atoms with Crippen molar-refractivity contribution in [3.05, 3.63) is 3.95 Å². The molecule has 1 aromatic heterocycles. The van der Waals surface area contributed by atoms with Crippen LogP contribution in [0.5, 0.6) is 0 Å². The third-order valence-electron chi connectivity index (χ3n) is 2.44. The van der Waals surface area contributed by atoms with Crippen molar-refractivity contribution in [2.45, 2.75) is 32.7 Å². The van der Waals surface area contributed by atoms with Gasteiger partial charge in [-0.15, -0.1) is 5.10 Å². The van der Waals surface area contributed by atoms with Crippen LogP contribution in [0.4, 0.5) is 5.13 Å². The number of hydrogen-bond donors (Lipinski definition) is 2. The van der Waals surface area contributed by atoms with E-state index in [1.54, 1.807) is 0 Å². The van der Waals surface area contributed by atoms with Gasteiger partial charge in [-0.1, -0.05) is 25.2 Å². The molecule has 2 N–H and O–H groups in total. The van der Waals surface area contributed by atoms with Crippen LogP contribution in [0.1, 0.15) is 26.7 Å². The third kappa shape index (κ3) is 2.54. The van der Waals surface area contributed by atoms with Crippen molar-refractivity contribution in [3.63, 3.8) is 0 Å². The Kier molecular flexibility index (Phi) is 2.88. The zero-order valence-electron chi connectivity index (χ0n) is 8.41. The van der Waals surface area contributed by atoms with Gasteiger partial charge in [0.05, 0.1) is 0 Å². The molecule has 1 aliphatic rings. The van der Waals surface area contributed by atoms with Crippen LogP contribution in [0.3, 0.4) is 0 Å². The molecule has 1 heterocycles. The summed E-state index contributed by atoms with van der Waals surface area (Å²) >= 11 is 6.48. The number of rotatable bonds is 4. The summed E-state index contributed by atoms with van der Waals surface area (Å²) in [7, 11) is 0. The van der Waals surface area contributed by atoms with E-state index < -0.39 is 0 Å². The van der Waals surface area contributed by atoms with Crippen LogP contribution in [0.15, 0.2) is 0 Å². The lowest BCUT2D eigenvalue weighted by Crippen LogP contribution is -2.05. The maximum atomic E-state index is 4.97. The first kappa shape index (κ1) is 10.1. The Labute approximate surface area is 92.9 Å². The number of H-pyrrole nitrogens is 1. The van der Waals surface area contributed by atoms with E-state index in [0.717, 1.165) is 20.9 Å². The van der Waals surface area contributed by atoms with Crippen LogP contribution in [0, 0.1) is 15.8 Å². The van der Waals surface area contributed by atoms with E-state index in [1.807, 2.05) is 0 Å². The minimum atomic E-state index is 0.631. The molecule has 0 spiro atoms. The first-order valence-electron chi connectivity index (χ1n) is 4.97. The second kappa shape index (κ2) is 3.98. The number of anilines is 1. The molecule has 0 aliphatic heterocycles. The van der Waals surface area contributed by atoms with Crippen molar-refractivity contribution >= 4 is 28.7 Å². The zero-order valence-corrected chi connectivity index (χ0v) is 10.0. The quantitative estimate of drug-likeness (QED) is 0.780. The van der Waals surface area contributed by atoms with Crippen LogP contribution in [-0.2, 0) is 0 Å². The highest BCUT2D eigenvalue weighted by atomic mass is 32.1. The van der Waals surface area contributed by atoms with Gasteiger partial charge in [-0.2, -0.15) is 0 Å². The van der Waals surface area contributed by atoms with Gasteiger partial charge < -0.3 is 5.32 Å². The topological polar surface area (TPSA) is 40.7 Å². The number of nitrogens with zero attached hydrogens (tertiary/aromatic N) is 1. The van der Waals surface area contributed by atoms with Gasteiger partial charge in [-0.05, 0) is 36.9 Å². The smallest absolute Gasteiger partial charge is 0.204 e. The van der Waals surface area contributed by atoms with Gasteiger partial charge in [0.2, 0.25) is 5.13 Å². The molecule has 0 amide bonds. The van der Waals surface area contributed by atoms with Crippen molar-refractivity contribution in [3.8, 4) is 0 Å². The summed E-state index contributed by atoms with van der Waals surface area (Å²) in [5, 5.41) is 11.2. The van der Waals surface area contributed by atoms with Crippen LogP contribution in [0.2, 0.25) is 0 Å². The van der Waals surface area contributed by atoms with Crippen molar-refractivity contribution < 1.29 is 0 Å². The molecule has 5 heteroatoms. The maximum Gasteiger partial charge on any atom is 0.204 e. The largest absolute Gasteiger partial charge is 0.357 e. The molecule has 1 saturated carbocycles. The first-order valence-corrected chi connectivity index (χ1v) is 6.19. The standard InChI is InChI=1S/C9H15N3S2/c1-5(2)3-6-4-7(6)10-8-11-12-9(13)14-8/h5-7H,3-4H2,1-2H3,(H,10,11)(H,12,13). The molecule has 1 fully saturated rings. The molecule has 1 aromatic rings. The second-order valence-electron chi connectivity index (χ2n) is 4.29. The highest BCUT2D eigenvalue weighted by molar-refractivity contribution is 7.73. The summed E-state index contributed by atoms with van der Waals surface area (Å²) in [6.45, 7) is 4.54. The van der Waals surface area contributed by atoms with E-state index in [9.17, 15) is 0 Å². The van der Waals surface area contributed by atoms with E-state index >= 15 is 0 Å². The highest BCUT2D eigenvalue weighted by Crippen LogP contribution is 2.38. The maximum absolute atomic E-state index is 4.97. The van der Waals surface area contributed by atoms with E-state index in [0.29, 0.717) is 6.04 Å². The van der Waals surface area contributed by atoms with E-state index in [1.165, 1.54) is 24.2 Å². The third-order valence-corrected chi connectivity index (χ3v) is 3.46. The summed E-state index contributed by atoms with van der Waals surface area (Å²) < 4.78 is 0.744. The zero-order chi connectivity index (χ0) is 10.1. The molecule has 0 radical (unpaired) electrons. The molecule has 2 rings (SSSR count).